The van der Waals surface area contributed by atoms with Gasteiger partial charge < -0.3 is 20.0 Å². The summed E-state index contributed by atoms with van der Waals surface area (Å²) in [4.78, 5) is 22.0. The Labute approximate surface area is 128 Å². The summed E-state index contributed by atoms with van der Waals surface area (Å²) in [6.45, 7) is 1.09. The molecule has 0 bridgehead atoms. The highest BCUT2D eigenvalue weighted by Crippen LogP contribution is 2.21. The molecular formula is C17H16NO4-. The van der Waals surface area contributed by atoms with Crippen LogP contribution in [0, 0.1) is 0 Å². The summed E-state index contributed by atoms with van der Waals surface area (Å²) in [5.74, 6) is -1.31. The predicted molar refractivity (Wildman–Crippen MR) is 80.0 cm³/mol. The minimum absolute atomic E-state index is 0.248. The number of carboxylic acids is 1. The standard InChI is InChI=1S/C17H17NO4/c1-12(17(20)21)18-16(19)11-22-15-9-7-14(8-10-15)13-5-3-2-4-6-13/h2-10,12H,11H2,1H3,(H,18,19)(H,20,21)/p-1/t12-/m0/s1. The molecule has 0 aliphatic carbocycles. The van der Waals surface area contributed by atoms with E-state index < -0.39 is 17.9 Å². The number of aliphatic carboxylic acids is 1. The Balaban J connectivity index is 1.89. The van der Waals surface area contributed by atoms with Gasteiger partial charge in [-0.05, 0) is 30.2 Å². The summed E-state index contributed by atoms with van der Waals surface area (Å²) in [6.07, 6.45) is 0. The Morgan fingerprint density at radius 1 is 1.05 bits per heavy atom. The third-order valence-corrected chi connectivity index (χ3v) is 3.06. The molecule has 0 saturated heterocycles. The Hall–Kier alpha value is -2.82. The smallest absolute Gasteiger partial charge is 0.258 e. The lowest BCUT2D eigenvalue weighted by atomic mass is 10.1. The number of hydrogen-bond acceptors (Lipinski definition) is 4. The molecule has 0 aliphatic heterocycles. The van der Waals surface area contributed by atoms with Gasteiger partial charge in [0.1, 0.15) is 5.75 Å². The normalized spacial score (nSPS) is 11.5. The maximum Gasteiger partial charge on any atom is 0.258 e. The molecule has 2 aromatic carbocycles. The molecule has 1 atom stereocenters. The molecule has 0 aliphatic rings. The van der Waals surface area contributed by atoms with Crippen molar-refractivity contribution in [2.24, 2.45) is 0 Å². The Kier molecular flexibility index (Phi) is 5.14. The Morgan fingerprint density at radius 3 is 2.23 bits per heavy atom. The number of hydrogen-bond donors (Lipinski definition) is 1. The second-order valence-corrected chi connectivity index (χ2v) is 4.79. The Morgan fingerprint density at radius 2 is 1.64 bits per heavy atom. The summed E-state index contributed by atoms with van der Waals surface area (Å²) >= 11 is 0. The van der Waals surface area contributed by atoms with Crippen LogP contribution in [-0.2, 0) is 9.59 Å². The van der Waals surface area contributed by atoms with Crippen molar-refractivity contribution < 1.29 is 19.4 Å². The molecule has 5 heteroatoms. The van der Waals surface area contributed by atoms with E-state index in [1.54, 1.807) is 12.1 Å². The van der Waals surface area contributed by atoms with Crippen molar-refractivity contribution in [3.05, 3.63) is 54.6 Å². The van der Waals surface area contributed by atoms with Gasteiger partial charge >= 0.3 is 0 Å². The fraction of sp³-hybridized carbons (Fsp3) is 0.176. The monoisotopic (exact) mass is 298 g/mol. The topological polar surface area (TPSA) is 78.5 Å². The van der Waals surface area contributed by atoms with Crippen molar-refractivity contribution in [3.8, 4) is 16.9 Å². The second kappa shape index (κ2) is 7.26. The van der Waals surface area contributed by atoms with Crippen molar-refractivity contribution in [2.75, 3.05) is 6.61 Å². The zero-order chi connectivity index (χ0) is 15.9. The molecule has 1 amide bonds. The van der Waals surface area contributed by atoms with Gasteiger partial charge in [0.2, 0.25) is 0 Å². The van der Waals surface area contributed by atoms with Crippen LogP contribution < -0.4 is 15.2 Å². The fourth-order valence-corrected chi connectivity index (χ4v) is 1.87. The van der Waals surface area contributed by atoms with Gasteiger partial charge in [0.05, 0.1) is 12.0 Å². The van der Waals surface area contributed by atoms with Crippen LogP contribution in [0.5, 0.6) is 5.75 Å². The van der Waals surface area contributed by atoms with Crippen LogP contribution in [0.25, 0.3) is 11.1 Å². The highest BCUT2D eigenvalue weighted by Gasteiger charge is 2.08. The molecular weight excluding hydrogens is 282 g/mol. The zero-order valence-corrected chi connectivity index (χ0v) is 12.1. The lowest BCUT2D eigenvalue weighted by Crippen LogP contribution is -2.47. The largest absolute Gasteiger partial charge is 0.548 e. The molecule has 0 saturated carbocycles. The maximum absolute atomic E-state index is 11.5. The van der Waals surface area contributed by atoms with Crippen LogP contribution in [0.3, 0.4) is 0 Å². The number of ether oxygens (including phenoxy) is 1. The van der Waals surface area contributed by atoms with E-state index in [0.29, 0.717) is 5.75 Å². The number of benzene rings is 2. The average molecular weight is 298 g/mol. The minimum Gasteiger partial charge on any atom is -0.548 e. The van der Waals surface area contributed by atoms with Gasteiger partial charge in [0, 0.05) is 0 Å². The summed E-state index contributed by atoms with van der Waals surface area (Å²) < 4.78 is 5.31. The van der Waals surface area contributed by atoms with Gasteiger partial charge in [-0.1, -0.05) is 42.5 Å². The maximum atomic E-state index is 11.5. The number of carboxylic acid groups (broad SMARTS) is 1. The quantitative estimate of drug-likeness (QED) is 0.862. The molecule has 1 N–H and O–H groups in total. The molecule has 0 fully saturated rings. The summed E-state index contributed by atoms with van der Waals surface area (Å²) in [6, 6.07) is 16.2. The van der Waals surface area contributed by atoms with E-state index in [9.17, 15) is 14.7 Å². The molecule has 0 unspecified atom stereocenters. The third kappa shape index (κ3) is 4.34. The van der Waals surface area contributed by atoms with E-state index in [4.69, 9.17) is 4.74 Å². The number of nitrogens with one attached hydrogen (secondary N) is 1. The van der Waals surface area contributed by atoms with Gasteiger partial charge in [0.15, 0.2) is 6.61 Å². The molecule has 0 radical (unpaired) electrons. The Bertz CT molecular complexity index is 637. The van der Waals surface area contributed by atoms with E-state index in [1.807, 2.05) is 42.5 Å². The lowest BCUT2D eigenvalue weighted by molar-refractivity contribution is -0.307. The molecule has 0 spiro atoms. The first kappa shape index (κ1) is 15.6. The average Bonchev–Trinajstić information content (AvgIpc) is 2.54. The number of carbonyl (C=O) groups is 2. The first-order valence-corrected chi connectivity index (χ1v) is 6.85. The molecule has 5 nitrogen and oxygen atoms in total. The van der Waals surface area contributed by atoms with E-state index in [-0.39, 0.29) is 6.61 Å². The van der Waals surface area contributed by atoms with Crippen LogP contribution in [0.1, 0.15) is 6.92 Å². The SMILES string of the molecule is C[C@H](NC(=O)COc1ccc(-c2ccccc2)cc1)C(=O)[O-]. The highest BCUT2D eigenvalue weighted by molar-refractivity contribution is 5.83. The highest BCUT2D eigenvalue weighted by atomic mass is 16.5. The lowest BCUT2D eigenvalue weighted by Gasteiger charge is -2.14. The number of amides is 1. The van der Waals surface area contributed by atoms with Crippen LogP contribution in [-0.4, -0.2) is 24.5 Å². The van der Waals surface area contributed by atoms with Gasteiger partial charge in [-0.3, -0.25) is 4.79 Å². The predicted octanol–water partition coefficient (Wildman–Crippen LogP) is 0.987. The molecule has 0 aromatic heterocycles. The van der Waals surface area contributed by atoms with E-state index >= 15 is 0 Å². The summed E-state index contributed by atoms with van der Waals surface area (Å²) in [5.41, 5.74) is 2.14. The van der Waals surface area contributed by atoms with Crippen LogP contribution >= 0.6 is 0 Å². The number of carbonyl (C=O) groups excluding carboxylic acids is 2. The molecule has 0 heterocycles. The first-order valence-electron chi connectivity index (χ1n) is 6.85. The first-order chi connectivity index (χ1) is 10.6. The second-order valence-electron chi connectivity index (χ2n) is 4.79. The third-order valence-electron chi connectivity index (χ3n) is 3.06. The van der Waals surface area contributed by atoms with Crippen LogP contribution in [0.4, 0.5) is 0 Å². The molecule has 114 valence electrons. The zero-order valence-electron chi connectivity index (χ0n) is 12.1. The fourth-order valence-electron chi connectivity index (χ4n) is 1.87. The van der Waals surface area contributed by atoms with Gasteiger partial charge in [0.25, 0.3) is 5.91 Å². The van der Waals surface area contributed by atoms with Crippen molar-refractivity contribution in [1.82, 2.24) is 5.32 Å². The molecule has 22 heavy (non-hydrogen) atoms. The van der Waals surface area contributed by atoms with E-state index in [0.717, 1.165) is 11.1 Å². The van der Waals surface area contributed by atoms with Crippen LogP contribution in [0.15, 0.2) is 54.6 Å². The van der Waals surface area contributed by atoms with Crippen LogP contribution in [0.2, 0.25) is 0 Å². The van der Waals surface area contributed by atoms with E-state index in [1.165, 1.54) is 6.92 Å². The minimum atomic E-state index is -1.33. The van der Waals surface area contributed by atoms with Crippen molar-refractivity contribution in [2.45, 2.75) is 13.0 Å². The summed E-state index contributed by atoms with van der Waals surface area (Å²) in [7, 11) is 0. The van der Waals surface area contributed by atoms with Gasteiger partial charge in [-0.15, -0.1) is 0 Å². The number of rotatable bonds is 6. The van der Waals surface area contributed by atoms with E-state index in [2.05, 4.69) is 5.32 Å². The van der Waals surface area contributed by atoms with Crippen molar-refractivity contribution in [1.29, 1.82) is 0 Å². The van der Waals surface area contributed by atoms with Gasteiger partial charge in [-0.25, -0.2) is 0 Å². The van der Waals surface area contributed by atoms with Gasteiger partial charge in [-0.2, -0.15) is 0 Å². The van der Waals surface area contributed by atoms with Crippen molar-refractivity contribution in [3.63, 3.8) is 0 Å². The molecule has 2 rings (SSSR count). The van der Waals surface area contributed by atoms with Crippen molar-refractivity contribution >= 4 is 11.9 Å². The molecule has 2 aromatic rings. The summed E-state index contributed by atoms with van der Waals surface area (Å²) in [5, 5.41) is 12.8.